The molecule has 0 amide bonds. The van der Waals surface area contributed by atoms with E-state index in [1.54, 1.807) is 25.5 Å². The van der Waals surface area contributed by atoms with Crippen molar-refractivity contribution in [2.45, 2.75) is 0 Å². The minimum absolute atomic E-state index is 0.0364. The molecule has 0 aliphatic carbocycles. The smallest absolute Gasteiger partial charge is 0.203 e. The molecular weight excluding hydrogens is 384 g/mol. The Morgan fingerprint density at radius 2 is 2.07 bits per heavy atom. The van der Waals surface area contributed by atoms with E-state index in [1.165, 1.54) is 11.3 Å². The van der Waals surface area contributed by atoms with Gasteiger partial charge in [0.2, 0.25) is 5.13 Å². The molecular formula is C19H15ClN4O2S. The maximum atomic E-state index is 8.60. The summed E-state index contributed by atoms with van der Waals surface area (Å²) < 4.78 is 10.6. The van der Waals surface area contributed by atoms with Gasteiger partial charge in [0.25, 0.3) is 0 Å². The molecule has 2 aromatic carbocycles. The van der Waals surface area contributed by atoms with Gasteiger partial charge in [0.15, 0.2) is 18.1 Å². The van der Waals surface area contributed by atoms with Gasteiger partial charge in [0.1, 0.15) is 6.07 Å². The molecule has 0 fully saturated rings. The average molecular weight is 399 g/mol. The van der Waals surface area contributed by atoms with Crippen LogP contribution in [0.15, 0.2) is 52.9 Å². The van der Waals surface area contributed by atoms with Gasteiger partial charge in [0, 0.05) is 16.0 Å². The van der Waals surface area contributed by atoms with E-state index in [0.29, 0.717) is 21.7 Å². The molecule has 1 N–H and O–H groups in total. The highest BCUT2D eigenvalue weighted by Gasteiger charge is 2.06. The van der Waals surface area contributed by atoms with Crippen molar-refractivity contribution in [3.63, 3.8) is 0 Å². The van der Waals surface area contributed by atoms with E-state index in [4.69, 9.17) is 26.3 Å². The van der Waals surface area contributed by atoms with E-state index in [0.717, 1.165) is 16.8 Å². The quantitative estimate of drug-likeness (QED) is 0.456. The summed E-state index contributed by atoms with van der Waals surface area (Å²) in [5, 5.41) is 16.1. The molecule has 3 rings (SSSR count). The van der Waals surface area contributed by atoms with Gasteiger partial charge >= 0.3 is 0 Å². The Kier molecular flexibility index (Phi) is 6.26. The van der Waals surface area contributed by atoms with Crippen LogP contribution in [-0.4, -0.2) is 24.9 Å². The molecule has 0 saturated heterocycles. The number of methoxy groups -OCH3 is 1. The molecule has 1 aromatic heterocycles. The lowest BCUT2D eigenvalue weighted by atomic mass is 10.2. The highest BCUT2D eigenvalue weighted by molar-refractivity contribution is 7.14. The lowest BCUT2D eigenvalue weighted by Crippen LogP contribution is -1.98. The van der Waals surface area contributed by atoms with Crippen LogP contribution < -0.4 is 14.9 Å². The molecule has 0 atom stereocenters. The molecule has 1 heterocycles. The second-order valence-electron chi connectivity index (χ2n) is 5.27. The van der Waals surface area contributed by atoms with E-state index in [-0.39, 0.29) is 6.61 Å². The SMILES string of the molecule is COc1cc(/C=N\Nc2nc(-c3ccc(Cl)cc3)cs2)ccc1OCC#N. The van der Waals surface area contributed by atoms with E-state index in [2.05, 4.69) is 15.5 Å². The van der Waals surface area contributed by atoms with Crippen LogP contribution in [0.3, 0.4) is 0 Å². The number of halogens is 1. The van der Waals surface area contributed by atoms with Gasteiger partial charge in [-0.1, -0.05) is 23.7 Å². The number of nitriles is 1. The largest absolute Gasteiger partial charge is 0.493 e. The summed E-state index contributed by atoms with van der Waals surface area (Å²) in [4.78, 5) is 4.50. The zero-order valence-electron chi connectivity index (χ0n) is 14.3. The normalized spacial score (nSPS) is 10.6. The fraction of sp³-hybridized carbons (Fsp3) is 0.105. The molecule has 0 bridgehead atoms. The topological polar surface area (TPSA) is 79.5 Å². The summed E-state index contributed by atoms with van der Waals surface area (Å²) in [5.41, 5.74) is 5.58. The molecule has 3 aromatic rings. The van der Waals surface area contributed by atoms with Crippen LogP contribution in [0.4, 0.5) is 5.13 Å². The van der Waals surface area contributed by atoms with Crippen LogP contribution in [0.5, 0.6) is 11.5 Å². The number of thiazole rings is 1. The molecule has 136 valence electrons. The Bertz CT molecular complexity index is 980. The van der Waals surface area contributed by atoms with Gasteiger partial charge in [-0.15, -0.1) is 11.3 Å². The first kappa shape index (κ1) is 18.7. The zero-order valence-corrected chi connectivity index (χ0v) is 15.9. The van der Waals surface area contributed by atoms with Gasteiger partial charge in [-0.3, -0.25) is 5.43 Å². The second kappa shape index (κ2) is 9.03. The van der Waals surface area contributed by atoms with E-state index >= 15 is 0 Å². The van der Waals surface area contributed by atoms with Crippen LogP contribution >= 0.6 is 22.9 Å². The first-order valence-electron chi connectivity index (χ1n) is 7.88. The summed E-state index contributed by atoms with van der Waals surface area (Å²) in [5.74, 6) is 1.05. The van der Waals surface area contributed by atoms with E-state index < -0.39 is 0 Å². The average Bonchev–Trinajstić information content (AvgIpc) is 3.16. The van der Waals surface area contributed by atoms with Gasteiger partial charge in [-0.25, -0.2) is 4.98 Å². The predicted octanol–water partition coefficient (Wildman–Crippen LogP) is 4.82. The van der Waals surface area contributed by atoms with Crippen LogP contribution in [-0.2, 0) is 0 Å². The molecule has 8 heteroatoms. The van der Waals surface area contributed by atoms with Crippen molar-refractivity contribution < 1.29 is 9.47 Å². The standard InChI is InChI=1S/C19H15ClN4O2S/c1-25-18-10-13(2-7-17(18)26-9-8-21)11-22-24-19-23-16(12-27-19)14-3-5-15(20)6-4-14/h2-7,10-12H,9H2,1H3,(H,23,24)/b22-11-. The van der Waals surface area contributed by atoms with Crippen molar-refractivity contribution >= 4 is 34.3 Å². The maximum Gasteiger partial charge on any atom is 0.203 e. The van der Waals surface area contributed by atoms with Crippen LogP contribution in [0.1, 0.15) is 5.56 Å². The van der Waals surface area contributed by atoms with Crippen molar-refractivity contribution in [1.82, 2.24) is 4.98 Å². The van der Waals surface area contributed by atoms with Crippen molar-refractivity contribution in [3.05, 3.63) is 58.4 Å². The number of hydrogen-bond acceptors (Lipinski definition) is 7. The molecule has 0 radical (unpaired) electrons. The first-order chi connectivity index (χ1) is 13.2. The molecule has 0 saturated carbocycles. The fourth-order valence-corrected chi connectivity index (χ4v) is 3.03. The van der Waals surface area contributed by atoms with Gasteiger partial charge in [-0.05, 0) is 35.9 Å². The van der Waals surface area contributed by atoms with Crippen LogP contribution in [0, 0.1) is 11.3 Å². The summed E-state index contributed by atoms with van der Waals surface area (Å²) >= 11 is 7.37. The number of hydrogen-bond donors (Lipinski definition) is 1. The van der Waals surface area contributed by atoms with Crippen molar-refractivity contribution in [2.75, 3.05) is 19.1 Å². The minimum Gasteiger partial charge on any atom is -0.493 e. The second-order valence-corrected chi connectivity index (χ2v) is 6.57. The fourth-order valence-electron chi connectivity index (χ4n) is 2.23. The van der Waals surface area contributed by atoms with Crippen LogP contribution in [0.2, 0.25) is 5.02 Å². The number of rotatable bonds is 7. The monoisotopic (exact) mass is 398 g/mol. The van der Waals surface area contributed by atoms with Gasteiger partial charge < -0.3 is 9.47 Å². The van der Waals surface area contributed by atoms with Gasteiger partial charge in [-0.2, -0.15) is 10.4 Å². The Hall–Kier alpha value is -3.08. The lowest BCUT2D eigenvalue weighted by Gasteiger charge is -2.08. The molecule has 0 aliphatic rings. The molecule has 6 nitrogen and oxygen atoms in total. The molecule has 27 heavy (non-hydrogen) atoms. The van der Waals surface area contributed by atoms with Crippen molar-refractivity contribution in [3.8, 4) is 28.8 Å². The summed E-state index contributed by atoms with van der Waals surface area (Å²) in [7, 11) is 1.54. The van der Waals surface area contributed by atoms with Gasteiger partial charge in [0.05, 0.1) is 19.0 Å². The highest BCUT2D eigenvalue weighted by Crippen LogP contribution is 2.28. The van der Waals surface area contributed by atoms with E-state index in [1.807, 2.05) is 41.8 Å². The Labute approximate surface area is 165 Å². The minimum atomic E-state index is -0.0364. The number of ether oxygens (including phenoxy) is 2. The first-order valence-corrected chi connectivity index (χ1v) is 9.13. The third-order valence-electron chi connectivity index (χ3n) is 3.50. The number of hydrazone groups is 1. The number of aromatic nitrogens is 1. The zero-order chi connectivity index (χ0) is 19.1. The molecule has 0 unspecified atom stereocenters. The predicted molar refractivity (Wildman–Crippen MR) is 108 cm³/mol. The van der Waals surface area contributed by atoms with Crippen LogP contribution in [0.25, 0.3) is 11.3 Å². The number of nitrogens with one attached hydrogen (secondary N) is 1. The number of anilines is 1. The Balaban J connectivity index is 1.65. The van der Waals surface area contributed by atoms with Crippen molar-refractivity contribution in [1.29, 1.82) is 5.26 Å². The number of nitrogens with zero attached hydrogens (tertiary/aromatic N) is 3. The third-order valence-corrected chi connectivity index (χ3v) is 4.50. The Morgan fingerprint density at radius 3 is 2.81 bits per heavy atom. The maximum absolute atomic E-state index is 8.60. The summed E-state index contributed by atoms with van der Waals surface area (Å²) in [6.45, 7) is -0.0364. The molecule has 0 spiro atoms. The van der Waals surface area contributed by atoms with E-state index in [9.17, 15) is 0 Å². The van der Waals surface area contributed by atoms with Crippen molar-refractivity contribution in [2.24, 2.45) is 5.10 Å². The molecule has 0 aliphatic heterocycles. The lowest BCUT2D eigenvalue weighted by molar-refractivity contribution is 0.329. The summed E-state index contributed by atoms with van der Waals surface area (Å²) in [6, 6.07) is 14.8. The summed E-state index contributed by atoms with van der Waals surface area (Å²) in [6.07, 6.45) is 1.65. The third kappa shape index (κ3) is 4.97. The Morgan fingerprint density at radius 1 is 1.26 bits per heavy atom. The highest BCUT2D eigenvalue weighted by atomic mass is 35.5. The number of benzene rings is 2.